The molecule has 4 nitrogen and oxygen atoms in total. The number of nitrogens with two attached hydrogens (primary N) is 1. The number of hydrogen-bond donors (Lipinski definition) is 3. The molecule has 0 aliphatic carbocycles. The molecule has 0 heterocycles. The summed E-state index contributed by atoms with van der Waals surface area (Å²) in [6, 6.07) is 7.56. The first-order valence-corrected chi connectivity index (χ1v) is 8.07. The first-order chi connectivity index (χ1) is 9.34. The van der Waals surface area contributed by atoms with Crippen molar-refractivity contribution in [2.45, 2.75) is 31.8 Å². The normalized spacial score (nSPS) is 15.4. The van der Waals surface area contributed by atoms with Crippen LogP contribution in [0.2, 0.25) is 0 Å². The van der Waals surface area contributed by atoms with Gasteiger partial charge < -0.3 is 16.2 Å². The van der Waals surface area contributed by atoms with Gasteiger partial charge in [-0.1, -0.05) is 19.1 Å². The zero-order valence-corrected chi connectivity index (χ0v) is 13.2. The maximum absolute atomic E-state index is 11.9. The summed E-state index contributed by atoms with van der Waals surface area (Å²) in [5.41, 5.74) is 6.59. The van der Waals surface area contributed by atoms with E-state index < -0.39 is 5.60 Å². The predicted octanol–water partition coefficient (Wildman–Crippen LogP) is 1.99. The summed E-state index contributed by atoms with van der Waals surface area (Å²) in [5, 5.41) is 12.8. The Bertz CT molecular complexity index is 432. The van der Waals surface area contributed by atoms with Crippen molar-refractivity contribution in [2.75, 3.05) is 24.3 Å². The zero-order valence-electron chi connectivity index (χ0n) is 12.3. The highest BCUT2D eigenvalue weighted by atomic mass is 32.2. The van der Waals surface area contributed by atoms with Gasteiger partial charge in [-0.2, -0.15) is 11.8 Å². The molecule has 0 aliphatic rings. The Morgan fingerprint density at radius 1 is 1.45 bits per heavy atom. The average Bonchev–Trinajstić information content (AvgIpc) is 2.37. The number of anilines is 1. The first-order valence-electron chi connectivity index (χ1n) is 6.67. The van der Waals surface area contributed by atoms with E-state index in [1.54, 1.807) is 18.7 Å². The Kier molecular flexibility index (Phi) is 6.36. The molecule has 1 rings (SSSR count). The van der Waals surface area contributed by atoms with Crippen LogP contribution in [0, 0.1) is 0 Å². The minimum atomic E-state index is -0.862. The molecule has 5 heteroatoms. The van der Waals surface area contributed by atoms with Crippen LogP contribution in [-0.2, 0) is 4.79 Å². The van der Waals surface area contributed by atoms with Crippen molar-refractivity contribution in [3.8, 4) is 0 Å². The Hall–Kier alpha value is -1.20. The third kappa shape index (κ3) is 5.84. The lowest BCUT2D eigenvalue weighted by atomic mass is 9.97. The third-order valence-electron chi connectivity index (χ3n) is 3.12. The van der Waals surface area contributed by atoms with E-state index in [-0.39, 0.29) is 18.4 Å². The van der Waals surface area contributed by atoms with Crippen molar-refractivity contribution in [1.82, 2.24) is 5.32 Å². The van der Waals surface area contributed by atoms with E-state index in [1.165, 1.54) is 0 Å². The summed E-state index contributed by atoms with van der Waals surface area (Å²) in [6.07, 6.45) is 2.33. The summed E-state index contributed by atoms with van der Waals surface area (Å²) < 4.78 is 0. The first kappa shape index (κ1) is 16.9. The maximum atomic E-state index is 11.9. The van der Waals surface area contributed by atoms with E-state index in [9.17, 15) is 9.90 Å². The number of carbonyl (C=O) groups is 1. The number of thioether (sulfide) groups is 1. The van der Waals surface area contributed by atoms with Gasteiger partial charge in [-0.15, -0.1) is 0 Å². The molecule has 0 bridgehead atoms. The topological polar surface area (TPSA) is 75.3 Å². The Labute approximate surface area is 125 Å². The van der Waals surface area contributed by atoms with Crippen molar-refractivity contribution in [3.63, 3.8) is 0 Å². The number of nitrogens with one attached hydrogen (secondary N) is 1. The highest BCUT2D eigenvalue weighted by molar-refractivity contribution is 7.98. The van der Waals surface area contributed by atoms with E-state index in [4.69, 9.17) is 5.73 Å². The summed E-state index contributed by atoms with van der Waals surface area (Å²) >= 11 is 1.56. The molecule has 1 aromatic carbocycles. The van der Waals surface area contributed by atoms with Gasteiger partial charge in [-0.3, -0.25) is 4.79 Å². The van der Waals surface area contributed by atoms with E-state index in [0.29, 0.717) is 12.2 Å². The van der Waals surface area contributed by atoms with E-state index in [1.807, 2.05) is 37.4 Å². The molecular formula is C15H24N2O2S. The third-order valence-corrected chi connectivity index (χ3v) is 4.03. The van der Waals surface area contributed by atoms with Crippen molar-refractivity contribution in [1.29, 1.82) is 0 Å². The van der Waals surface area contributed by atoms with Crippen LogP contribution in [0.4, 0.5) is 5.69 Å². The zero-order chi connectivity index (χ0) is 15.2. The SMILES string of the molecule is CSCC(C)(O)CNC(=O)CC(C)c1ccc(N)cc1. The van der Waals surface area contributed by atoms with Gasteiger partial charge >= 0.3 is 0 Å². The van der Waals surface area contributed by atoms with Crippen molar-refractivity contribution < 1.29 is 9.90 Å². The molecule has 0 saturated heterocycles. The minimum absolute atomic E-state index is 0.0456. The lowest BCUT2D eigenvalue weighted by Gasteiger charge is -2.23. The van der Waals surface area contributed by atoms with Gasteiger partial charge in [0.25, 0.3) is 0 Å². The highest BCUT2D eigenvalue weighted by Gasteiger charge is 2.21. The Morgan fingerprint density at radius 2 is 2.05 bits per heavy atom. The molecule has 0 aromatic heterocycles. The molecule has 0 aliphatic heterocycles. The summed E-state index contributed by atoms with van der Waals surface area (Å²) in [4.78, 5) is 11.9. The predicted molar refractivity (Wildman–Crippen MR) is 85.9 cm³/mol. The lowest BCUT2D eigenvalue weighted by Crippen LogP contribution is -2.42. The molecule has 1 amide bonds. The van der Waals surface area contributed by atoms with Crippen LogP contribution in [0.25, 0.3) is 0 Å². The second kappa shape index (κ2) is 7.55. The van der Waals surface area contributed by atoms with Crippen LogP contribution in [0.3, 0.4) is 0 Å². The van der Waals surface area contributed by atoms with Crippen LogP contribution in [0.15, 0.2) is 24.3 Å². The highest BCUT2D eigenvalue weighted by Crippen LogP contribution is 2.20. The summed E-state index contributed by atoms with van der Waals surface area (Å²) in [7, 11) is 0. The lowest BCUT2D eigenvalue weighted by molar-refractivity contribution is -0.122. The minimum Gasteiger partial charge on any atom is -0.399 e. The number of amides is 1. The summed E-state index contributed by atoms with van der Waals surface area (Å²) in [6.45, 7) is 4.01. The molecule has 4 N–H and O–H groups in total. The van der Waals surface area contributed by atoms with Gasteiger partial charge in [0.1, 0.15) is 0 Å². The standard InChI is InChI=1S/C15H24N2O2S/c1-11(12-4-6-13(16)7-5-12)8-14(18)17-9-15(2,19)10-20-3/h4-7,11,19H,8-10,16H2,1-3H3,(H,17,18). The maximum Gasteiger partial charge on any atom is 0.220 e. The fourth-order valence-electron chi connectivity index (χ4n) is 1.94. The largest absolute Gasteiger partial charge is 0.399 e. The number of nitrogen functional groups attached to an aromatic ring is 1. The molecule has 0 fully saturated rings. The van der Waals surface area contributed by atoms with Gasteiger partial charge in [0.2, 0.25) is 5.91 Å². The second-order valence-electron chi connectivity index (χ2n) is 5.48. The van der Waals surface area contributed by atoms with Crippen LogP contribution in [0.5, 0.6) is 0 Å². The van der Waals surface area contributed by atoms with Crippen LogP contribution in [0.1, 0.15) is 31.7 Å². The Balaban J connectivity index is 2.44. The monoisotopic (exact) mass is 296 g/mol. The van der Waals surface area contributed by atoms with Crippen LogP contribution >= 0.6 is 11.8 Å². The van der Waals surface area contributed by atoms with Crippen LogP contribution in [-0.4, -0.2) is 35.2 Å². The molecule has 0 saturated carbocycles. The number of rotatable bonds is 7. The average molecular weight is 296 g/mol. The molecule has 112 valence electrons. The number of benzene rings is 1. The van der Waals surface area contributed by atoms with Gasteiger partial charge in [-0.05, 0) is 36.8 Å². The van der Waals surface area contributed by atoms with Crippen molar-refractivity contribution in [3.05, 3.63) is 29.8 Å². The van der Waals surface area contributed by atoms with E-state index in [2.05, 4.69) is 5.32 Å². The fraction of sp³-hybridized carbons (Fsp3) is 0.533. The molecule has 20 heavy (non-hydrogen) atoms. The quantitative estimate of drug-likeness (QED) is 0.673. The summed E-state index contributed by atoms with van der Waals surface area (Å²) in [5.74, 6) is 0.678. The fourth-order valence-corrected chi connectivity index (χ4v) is 2.67. The molecule has 2 atom stereocenters. The van der Waals surface area contributed by atoms with Gasteiger partial charge in [0.15, 0.2) is 0 Å². The van der Waals surface area contributed by atoms with Crippen LogP contribution < -0.4 is 11.1 Å². The molecule has 1 aromatic rings. The van der Waals surface area contributed by atoms with Gasteiger partial charge in [0, 0.05) is 24.4 Å². The van der Waals surface area contributed by atoms with Gasteiger partial charge in [0.05, 0.1) is 5.60 Å². The van der Waals surface area contributed by atoms with Gasteiger partial charge in [-0.25, -0.2) is 0 Å². The van der Waals surface area contributed by atoms with Crippen molar-refractivity contribution in [2.24, 2.45) is 0 Å². The molecule has 2 unspecified atom stereocenters. The molecule has 0 spiro atoms. The van der Waals surface area contributed by atoms with E-state index >= 15 is 0 Å². The van der Waals surface area contributed by atoms with Crippen molar-refractivity contribution >= 4 is 23.4 Å². The molecular weight excluding hydrogens is 272 g/mol. The Morgan fingerprint density at radius 3 is 2.60 bits per heavy atom. The number of aliphatic hydroxyl groups is 1. The van der Waals surface area contributed by atoms with E-state index in [0.717, 1.165) is 11.3 Å². The smallest absolute Gasteiger partial charge is 0.220 e. The second-order valence-corrected chi connectivity index (χ2v) is 6.34. The number of carbonyl (C=O) groups excluding carboxylic acids is 1. The number of hydrogen-bond acceptors (Lipinski definition) is 4. The molecule has 0 radical (unpaired) electrons.